The number of hydrogen-bond donors (Lipinski definition) is 2. The molecule has 0 aliphatic carbocycles. The normalized spacial score (nSPS) is 13.6. The molecule has 0 saturated carbocycles. The average molecular weight is 272 g/mol. The van der Waals surface area contributed by atoms with Gasteiger partial charge in [0.15, 0.2) is 0 Å². The number of nitrogens with one attached hydrogen (secondary N) is 1. The minimum atomic E-state index is 0.102. The second kappa shape index (κ2) is 9.32. The molecule has 0 aromatic carbocycles. The highest BCUT2D eigenvalue weighted by molar-refractivity contribution is 5.76. The van der Waals surface area contributed by atoms with Crippen molar-refractivity contribution in [2.75, 3.05) is 19.8 Å². The Morgan fingerprint density at radius 2 is 1.95 bits per heavy atom. The standard InChI is InChI=1S/C15H32N2O2/c1-6-19-11-13(12(2)3)17-14(18)7-8-15(4,5)9-10-16/h12-13H,6-11,16H2,1-5H3,(H,17,18). The molecule has 0 radical (unpaired) electrons. The molecule has 19 heavy (non-hydrogen) atoms. The molecule has 4 nitrogen and oxygen atoms in total. The Morgan fingerprint density at radius 1 is 1.32 bits per heavy atom. The van der Waals surface area contributed by atoms with Crippen LogP contribution in [0.5, 0.6) is 0 Å². The summed E-state index contributed by atoms with van der Waals surface area (Å²) in [5.74, 6) is 0.496. The number of nitrogens with two attached hydrogens (primary N) is 1. The summed E-state index contributed by atoms with van der Waals surface area (Å²) in [6, 6.07) is 0.102. The maximum atomic E-state index is 12.0. The third-order valence-electron chi connectivity index (χ3n) is 3.50. The van der Waals surface area contributed by atoms with Crippen LogP contribution in [-0.4, -0.2) is 31.7 Å². The van der Waals surface area contributed by atoms with Crippen LogP contribution < -0.4 is 11.1 Å². The lowest BCUT2D eigenvalue weighted by molar-refractivity contribution is -0.123. The topological polar surface area (TPSA) is 64.3 Å². The van der Waals surface area contributed by atoms with E-state index in [4.69, 9.17) is 10.5 Å². The second-order valence-electron chi connectivity index (χ2n) is 6.28. The number of carbonyl (C=O) groups is 1. The summed E-state index contributed by atoms with van der Waals surface area (Å²) in [7, 11) is 0. The highest BCUT2D eigenvalue weighted by atomic mass is 16.5. The number of amides is 1. The van der Waals surface area contributed by atoms with Crippen LogP contribution in [-0.2, 0) is 9.53 Å². The van der Waals surface area contributed by atoms with Crippen LogP contribution in [0.2, 0.25) is 0 Å². The summed E-state index contributed by atoms with van der Waals surface area (Å²) in [6.07, 6.45) is 2.38. The van der Waals surface area contributed by atoms with Crippen molar-refractivity contribution in [2.24, 2.45) is 17.1 Å². The predicted octanol–water partition coefficient (Wildman–Crippen LogP) is 2.32. The van der Waals surface area contributed by atoms with Gasteiger partial charge in [0.2, 0.25) is 5.91 Å². The molecule has 0 spiro atoms. The van der Waals surface area contributed by atoms with Gasteiger partial charge in [0.05, 0.1) is 12.6 Å². The lowest BCUT2D eigenvalue weighted by Gasteiger charge is -2.25. The Labute approximate surface area is 118 Å². The van der Waals surface area contributed by atoms with Crippen LogP contribution >= 0.6 is 0 Å². The molecule has 0 aliphatic heterocycles. The summed E-state index contributed by atoms with van der Waals surface area (Å²) in [5.41, 5.74) is 5.72. The molecule has 114 valence electrons. The van der Waals surface area contributed by atoms with Crippen LogP contribution in [0.3, 0.4) is 0 Å². The quantitative estimate of drug-likeness (QED) is 0.641. The molecule has 0 bridgehead atoms. The average Bonchev–Trinajstić information content (AvgIpc) is 2.31. The first kappa shape index (κ1) is 18.4. The number of hydrogen-bond acceptors (Lipinski definition) is 3. The Hall–Kier alpha value is -0.610. The molecule has 1 atom stereocenters. The van der Waals surface area contributed by atoms with Crippen molar-refractivity contribution < 1.29 is 9.53 Å². The first-order valence-corrected chi connectivity index (χ1v) is 7.39. The van der Waals surface area contributed by atoms with Crippen LogP contribution in [0.4, 0.5) is 0 Å². The van der Waals surface area contributed by atoms with Crippen LogP contribution in [0.1, 0.15) is 53.9 Å². The number of carbonyl (C=O) groups excluding carboxylic acids is 1. The Bertz CT molecular complexity index is 253. The SMILES string of the molecule is CCOCC(NC(=O)CCC(C)(C)CCN)C(C)C. The maximum Gasteiger partial charge on any atom is 0.220 e. The van der Waals surface area contributed by atoms with Gasteiger partial charge in [-0.2, -0.15) is 0 Å². The van der Waals surface area contributed by atoms with Crippen molar-refractivity contribution in [3.8, 4) is 0 Å². The van der Waals surface area contributed by atoms with Gasteiger partial charge in [-0.15, -0.1) is 0 Å². The van der Waals surface area contributed by atoms with E-state index in [2.05, 4.69) is 33.0 Å². The highest BCUT2D eigenvalue weighted by Crippen LogP contribution is 2.25. The largest absolute Gasteiger partial charge is 0.380 e. The number of rotatable bonds is 10. The van der Waals surface area contributed by atoms with Gasteiger partial charge in [0.1, 0.15) is 0 Å². The van der Waals surface area contributed by atoms with E-state index in [1.165, 1.54) is 0 Å². The molecular weight excluding hydrogens is 240 g/mol. The second-order valence-corrected chi connectivity index (χ2v) is 6.28. The summed E-state index contributed by atoms with van der Waals surface area (Å²) in [4.78, 5) is 12.0. The summed E-state index contributed by atoms with van der Waals surface area (Å²) < 4.78 is 5.41. The molecule has 0 saturated heterocycles. The van der Waals surface area contributed by atoms with E-state index in [1.807, 2.05) is 6.92 Å². The minimum Gasteiger partial charge on any atom is -0.380 e. The minimum absolute atomic E-state index is 0.102. The van der Waals surface area contributed by atoms with E-state index in [9.17, 15) is 4.79 Å². The first-order valence-electron chi connectivity index (χ1n) is 7.39. The van der Waals surface area contributed by atoms with Gasteiger partial charge in [0.25, 0.3) is 0 Å². The molecule has 1 unspecified atom stereocenters. The monoisotopic (exact) mass is 272 g/mol. The summed E-state index contributed by atoms with van der Waals surface area (Å²) in [6.45, 7) is 12.4. The van der Waals surface area contributed by atoms with Gasteiger partial charge in [0, 0.05) is 13.0 Å². The van der Waals surface area contributed by atoms with Gasteiger partial charge in [-0.05, 0) is 37.6 Å². The molecule has 0 aromatic rings. The van der Waals surface area contributed by atoms with Crippen molar-refractivity contribution in [2.45, 2.75) is 59.9 Å². The van der Waals surface area contributed by atoms with Crippen molar-refractivity contribution >= 4 is 5.91 Å². The Morgan fingerprint density at radius 3 is 2.42 bits per heavy atom. The van der Waals surface area contributed by atoms with Gasteiger partial charge >= 0.3 is 0 Å². The molecule has 0 rings (SSSR count). The third kappa shape index (κ3) is 9.00. The van der Waals surface area contributed by atoms with Gasteiger partial charge in [-0.1, -0.05) is 27.7 Å². The van der Waals surface area contributed by atoms with E-state index >= 15 is 0 Å². The van der Waals surface area contributed by atoms with Crippen molar-refractivity contribution in [3.63, 3.8) is 0 Å². The summed E-state index contributed by atoms with van der Waals surface area (Å²) >= 11 is 0. The van der Waals surface area contributed by atoms with Crippen molar-refractivity contribution in [1.29, 1.82) is 0 Å². The zero-order chi connectivity index (χ0) is 14.9. The number of ether oxygens (including phenoxy) is 1. The molecule has 0 fully saturated rings. The van der Waals surface area contributed by atoms with E-state index in [-0.39, 0.29) is 17.4 Å². The van der Waals surface area contributed by atoms with E-state index < -0.39 is 0 Å². The summed E-state index contributed by atoms with van der Waals surface area (Å²) in [5, 5.41) is 3.07. The zero-order valence-electron chi connectivity index (χ0n) is 13.3. The third-order valence-corrected chi connectivity index (χ3v) is 3.50. The molecular formula is C15H32N2O2. The van der Waals surface area contributed by atoms with E-state index in [1.54, 1.807) is 0 Å². The van der Waals surface area contributed by atoms with E-state index in [0.29, 0.717) is 32.1 Å². The molecule has 0 aromatic heterocycles. The molecule has 3 N–H and O–H groups in total. The molecule has 0 aliphatic rings. The zero-order valence-corrected chi connectivity index (χ0v) is 13.3. The maximum absolute atomic E-state index is 12.0. The van der Waals surface area contributed by atoms with Gasteiger partial charge in [-0.25, -0.2) is 0 Å². The van der Waals surface area contributed by atoms with Crippen LogP contribution in [0.25, 0.3) is 0 Å². The fourth-order valence-electron chi connectivity index (χ4n) is 1.89. The molecule has 0 heterocycles. The molecule has 1 amide bonds. The lowest BCUT2D eigenvalue weighted by atomic mass is 9.84. The first-order chi connectivity index (χ1) is 8.82. The Balaban J connectivity index is 4.12. The molecule has 4 heteroatoms. The van der Waals surface area contributed by atoms with Crippen molar-refractivity contribution in [3.05, 3.63) is 0 Å². The van der Waals surface area contributed by atoms with Gasteiger partial charge in [-0.3, -0.25) is 4.79 Å². The van der Waals surface area contributed by atoms with Crippen LogP contribution in [0.15, 0.2) is 0 Å². The lowest BCUT2D eigenvalue weighted by Crippen LogP contribution is -2.42. The van der Waals surface area contributed by atoms with Crippen molar-refractivity contribution in [1.82, 2.24) is 5.32 Å². The fourth-order valence-corrected chi connectivity index (χ4v) is 1.89. The van der Waals surface area contributed by atoms with Crippen LogP contribution in [0, 0.1) is 11.3 Å². The fraction of sp³-hybridized carbons (Fsp3) is 0.933. The highest BCUT2D eigenvalue weighted by Gasteiger charge is 2.20. The van der Waals surface area contributed by atoms with E-state index in [0.717, 1.165) is 12.8 Å². The van der Waals surface area contributed by atoms with Gasteiger partial charge < -0.3 is 15.8 Å². The smallest absolute Gasteiger partial charge is 0.220 e. The Kier molecular flexibility index (Phi) is 9.02. The predicted molar refractivity (Wildman–Crippen MR) is 79.9 cm³/mol.